The zero-order valence-electron chi connectivity index (χ0n) is 17.2. The van der Waals surface area contributed by atoms with E-state index in [0.29, 0.717) is 25.2 Å². The number of nitrogens with one attached hydrogen (secondary N) is 2. The van der Waals surface area contributed by atoms with Crippen LogP contribution in [0.25, 0.3) is 0 Å². The first-order valence-corrected chi connectivity index (χ1v) is 11.7. The minimum absolute atomic E-state index is 0.0865. The van der Waals surface area contributed by atoms with Crippen LogP contribution in [0.5, 0.6) is 0 Å². The van der Waals surface area contributed by atoms with Gasteiger partial charge in [-0.05, 0) is 30.0 Å². The highest BCUT2D eigenvalue weighted by molar-refractivity contribution is 7.99. The van der Waals surface area contributed by atoms with Crippen LogP contribution in [-0.4, -0.2) is 40.6 Å². The Kier molecular flexibility index (Phi) is 6.45. The molecule has 0 radical (unpaired) electrons. The third-order valence-corrected chi connectivity index (χ3v) is 6.31. The topological polar surface area (TPSA) is 77.0 Å². The predicted molar refractivity (Wildman–Crippen MR) is 124 cm³/mol. The summed E-state index contributed by atoms with van der Waals surface area (Å²) >= 11 is 1.53. The highest BCUT2D eigenvalue weighted by Gasteiger charge is 2.47. The van der Waals surface area contributed by atoms with Crippen molar-refractivity contribution in [2.75, 3.05) is 17.5 Å². The largest absolute Gasteiger partial charge is 0.509 e. The number of amides is 1. The molecule has 29 heavy (non-hydrogen) atoms. The van der Waals surface area contributed by atoms with Gasteiger partial charge in [-0.15, -0.1) is 12.3 Å². The zero-order valence-corrected chi connectivity index (χ0v) is 19.0. The molecule has 6 nitrogen and oxygen atoms in total. The molecule has 0 aliphatic carbocycles. The van der Waals surface area contributed by atoms with E-state index in [2.05, 4.69) is 20.7 Å². The van der Waals surface area contributed by atoms with Crippen molar-refractivity contribution in [2.24, 2.45) is 10.4 Å². The Morgan fingerprint density at radius 1 is 1.45 bits per heavy atom. The number of unbranched alkanes of at least 4 members (excludes halogenated alkanes) is 1. The molecule has 8 heteroatoms. The number of carbonyl (C=O) groups excluding carboxylic acids is 1. The van der Waals surface area contributed by atoms with Crippen molar-refractivity contribution in [1.29, 1.82) is 0 Å². The molecule has 0 aromatic heterocycles. The maximum atomic E-state index is 13.2. The van der Waals surface area contributed by atoms with E-state index in [1.165, 1.54) is 11.9 Å². The molecule has 0 fully saturated rings. The van der Waals surface area contributed by atoms with Gasteiger partial charge in [-0.2, -0.15) is 0 Å². The molecule has 2 aliphatic rings. The number of aliphatic hydroxyl groups excluding tert-OH is 1. The first kappa shape index (κ1) is 21.5. The van der Waals surface area contributed by atoms with Crippen LogP contribution in [0.3, 0.4) is 0 Å². The number of terminal acetylenes is 1. The van der Waals surface area contributed by atoms with Gasteiger partial charge in [0, 0.05) is 38.9 Å². The fourth-order valence-electron chi connectivity index (χ4n) is 3.65. The zero-order chi connectivity index (χ0) is 21.2. The summed E-state index contributed by atoms with van der Waals surface area (Å²) in [6, 6.07) is 5.54. The van der Waals surface area contributed by atoms with Crippen molar-refractivity contribution in [1.82, 2.24) is 9.99 Å². The van der Waals surface area contributed by atoms with Gasteiger partial charge in [0.2, 0.25) is 0 Å². The number of fused-ring (bicyclic) bond motifs is 1. The van der Waals surface area contributed by atoms with Crippen molar-refractivity contribution < 1.29 is 9.90 Å². The smallest absolute Gasteiger partial charge is 0.261 e. The van der Waals surface area contributed by atoms with Gasteiger partial charge in [0.05, 0.1) is 11.7 Å². The summed E-state index contributed by atoms with van der Waals surface area (Å²) in [5.41, 5.74) is 1.78. The van der Waals surface area contributed by atoms with Crippen LogP contribution in [0, 0.1) is 17.8 Å². The fraction of sp³-hybridized carbons (Fsp3) is 0.429. The lowest BCUT2D eigenvalue weighted by atomic mass is 9.85. The molecule has 2 atom stereocenters. The van der Waals surface area contributed by atoms with Gasteiger partial charge >= 0.3 is 0 Å². The number of anilines is 1. The quantitative estimate of drug-likeness (QED) is 0.278. The normalized spacial score (nSPS) is 19.7. The van der Waals surface area contributed by atoms with E-state index in [1.54, 1.807) is 4.90 Å². The second kappa shape index (κ2) is 8.69. The van der Waals surface area contributed by atoms with Gasteiger partial charge in [0.15, 0.2) is 0 Å². The lowest BCUT2D eigenvalue weighted by molar-refractivity contribution is -0.128. The Labute approximate surface area is 178 Å². The number of aliphatic hydroxyl groups is 1. The number of amidine groups is 1. The molecule has 154 valence electrons. The fourth-order valence-corrected chi connectivity index (χ4v) is 4.94. The highest BCUT2D eigenvalue weighted by atomic mass is 32.2. The summed E-state index contributed by atoms with van der Waals surface area (Å²) in [6.07, 6.45) is 8.63. The van der Waals surface area contributed by atoms with E-state index in [4.69, 9.17) is 6.42 Å². The molecule has 1 aromatic carbocycles. The number of rotatable bonds is 6. The third-order valence-electron chi connectivity index (χ3n) is 4.84. The van der Waals surface area contributed by atoms with Crippen molar-refractivity contribution in [3.8, 4) is 12.3 Å². The van der Waals surface area contributed by atoms with Gasteiger partial charge < -0.3 is 19.8 Å². The van der Waals surface area contributed by atoms with Gasteiger partial charge in [0.1, 0.15) is 17.2 Å². The number of nitrogens with zero attached hydrogens (tertiary/aromatic N) is 2. The molecular formula is C21H27N4O2PS. The van der Waals surface area contributed by atoms with Crippen molar-refractivity contribution in [3.05, 3.63) is 29.5 Å². The maximum Gasteiger partial charge on any atom is 0.261 e. The number of hydrogen-bond donors (Lipinski definition) is 3. The molecule has 1 aromatic rings. The first-order valence-electron chi connectivity index (χ1n) is 9.49. The Bertz CT molecular complexity index is 914. The van der Waals surface area contributed by atoms with Gasteiger partial charge in [-0.25, -0.2) is 4.99 Å². The molecule has 0 bridgehead atoms. The van der Waals surface area contributed by atoms with Crippen LogP contribution < -0.4 is 15.1 Å². The molecule has 3 rings (SSSR count). The molecule has 1 amide bonds. The highest BCUT2D eigenvalue weighted by Crippen LogP contribution is 2.38. The Morgan fingerprint density at radius 2 is 2.21 bits per heavy atom. The minimum atomic E-state index is -0.398. The number of carbonyl (C=O) groups is 1. The molecule has 0 spiro atoms. The standard InChI is InChI=1S/C21H27N4O2PS/c1-6-7-8-11-25-18(21(2,3)4)17(26)16(20(25)27)19-22-14-10-9-13(24-29-5)12-15(14)28-23-19/h1,9-10,12,18,24,26,28H,7-8,11H2,2-5H3,(H,22,23). The average molecular weight is 431 g/mol. The second-order valence-corrected chi connectivity index (χ2v) is 9.73. The van der Waals surface area contributed by atoms with E-state index in [0.717, 1.165) is 16.7 Å². The van der Waals surface area contributed by atoms with Crippen LogP contribution in [-0.2, 0) is 4.79 Å². The lowest BCUT2D eigenvalue weighted by Crippen LogP contribution is -2.44. The van der Waals surface area contributed by atoms with Gasteiger partial charge in [0.25, 0.3) is 5.91 Å². The van der Waals surface area contributed by atoms with Gasteiger partial charge in [-0.1, -0.05) is 32.7 Å². The molecule has 0 saturated heterocycles. The SMILES string of the molecule is C#CCCCN1C(=O)C(C2=Nc3ccc(NSC)cc3PN2)=C(O)C1C(C)(C)C. The summed E-state index contributed by atoms with van der Waals surface area (Å²) in [5, 5.41) is 15.4. The van der Waals surface area contributed by atoms with Crippen LogP contribution in [0.1, 0.15) is 33.6 Å². The monoisotopic (exact) mass is 430 g/mol. The average Bonchev–Trinajstić information content (AvgIpc) is 2.92. The minimum Gasteiger partial charge on any atom is -0.509 e. The third kappa shape index (κ3) is 4.39. The second-order valence-electron chi connectivity index (χ2n) is 8.08. The summed E-state index contributed by atoms with van der Waals surface area (Å²) < 4.78 is 3.21. The van der Waals surface area contributed by atoms with E-state index < -0.39 is 6.04 Å². The van der Waals surface area contributed by atoms with Crippen molar-refractivity contribution >= 4 is 49.1 Å². The van der Waals surface area contributed by atoms with Crippen LogP contribution in [0.2, 0.25) is 0 Å². The van der Waals surface area contributed by atoms with E-state index >= 15 is 0 Å². The molecule has 2 unspecified atom stereocenters. The molecule has 0 saturated carbocycles. The number of hydrogen-bond acceptors (Lipinski definition) is 6. The van der Waals surface area contributed by atoms with Crippen molar-refractivity contribution in [2.45, 2.75) is 39.7 Å². The van der Waals surface area contributed by atoms with Crippen LogP contribution in [0.15, 0.2) is 34.5 Å². The molecule has 2 aliphatic heterocycles. The van der Waals surface area contributed by atoms with Crippen molar-refractivity contribution in [3.63, 3.8) is 0 Å². The van der Waals surface area contributed by atoms with E-state index in [-0.39, 0.29) is 31.4 Å². The molecule has 3 N–H and O–H groups in total. The summed E-state index contributed by atoms with van der Waals surface area (Å²) in [7, 11) is 0.259. The number of aliphatic imine (C=N–C) groups is 1. The molecular weight excluding hydrogens is 403 g/mol. The Morgan fingerprint density at radius 3 is 2.86 bits per heavy atom. The lowest BCUT2D eigenvalue weighted by Gasteiger charge is -2.35. The first-order chi connectivity index (χ1) is 13.8. The summed E-state index contributed by atoms with van der Waals surface area (Å²) in [5.74, 6) is 2.95. The van der Waals surface area contributed by atoms with Gasteiger partial charge in [-0.3, -0.25) is 4.79 Å². The van der Waals surface area contributed by atoms with Crippen LogP contribution >= 0.6 is 20.7 Å². The maximum absolute atomic E-state index is 13.2. The predicted octanol–water partition coefficient (Wildman–Crippen LogP) is 3.71. The number of benzene rings is 1. The summed E-state index contributed by atoms with van der Waals surface area (Å²) in [4.78, 5) is 19.6. The van der Waals surface area contributed by atoms with Crippen LogP contribution in [0.4, 0.5) is 11.4 Å². The Balaban J connectivity index is 1.95. The van der Waals surface area contributed by atoms with E-state index in [1.807, 2.05) is 45.2 Å². The Hall–Kier alpha value is -2.16. The summed E-state index contributed by atoms with van der Waals surface area (Å²) in [6.45, 7) is 6.57. The molecule has 2 heterocycles. The van der Waals surface area contributed by atoms with E-state index in [9.17, 15) is 9.90 Å².